The van der Waals surface area contributed by atoms with E-state index in [4.69, 9.17) is 10.7 Å². The van der Waals surface area contributed by atoms with Crippen LogP contribution in [0.2, 0.25) is 0 Å². The fraction of sp³-hybridized carbons (Fsp3) is 0. The average molecular weight is 407 g/mol. The van der Waals surface area contributed by atoms with Gasteiger partial charge in [0.15, 0.2) is 0 Å². The number of benzene rings is 4. The van der Waals surface area contributed by atoms with Crippen LogP contribution in [-0.2, 0) is 0 Å². The minimum absolute atomic E-state index is 1.15. The van der Waals surface area contributed by atoms with Gasteiger partial charge in [-0.05, 0) is 60.7 Å². The largest absolute Gasteiger partial charge is 0.0901 e. The predicted molar refractivity (Wildman–Crippen MR) is 118 cm³/mol. The molecule has 27 heavy (non-hydrogen) atoms. The highest BCUT2D eigenvalue weighted by Crippen LogP contribution is 2.72. The van der Waals surface area contributed by atoms with Crippen molar-refractivity contribution in [3.8, 4) is 0 Å². The topological polar surface area (TPSA) is 0 Å². The fourth-order valence-electron chi connectivity index (χ4n) is 2.94. The molecule has 0 heterocycles. The Hall–Kier alpha value is -2.13. The summed E-state index contributed by atoms with van der Waals surface area (Å²) in [5, 5.41) is 0. The van der Waals surface area contributed by atoms with Gasteiger partial charge in [0.25, 0.3) is 0 Å². The first-order valence-corrected chi connectivity index (χ1v) is 12.0. The molecule has 0 N–H and O–H groups in total. The Bertz CT molecular complexity index is 945. The Labute approximate surface area is 171 Å². The van der Waals surface area contributed by atoms with Crippen molar-refractivity contribution < 1.29 is 0 Å². The molecule has 0 saturated heterocycles. The van der Waals surface area contributed by atoms with Gasteiger partial charge in [-0.3, -0.25) is 0 Å². The molecule has 0 aliphatic carbocycles. The highest BCUT2D eigenvalue weighted by molar-refractivity contribution is 8.51. The van der Waals surface area contributed by atoms with E-state index in [-0.39, 0.29) is 0 Å². The Balaban J connectivity index is 1.73. The first kappa shape index (κ1) is 18.2. The van der Waals surface area contributed by atoms with Gasteiger partial charge >= 0.3 is 0 Å². The van der Waals surface area contributed by atoms with Gasteiger partial charge in [0.2, 0.25) is 0 Å². The fourth-order valence-corrected chi connectivity index (χ4v) is 7.10. The second-order valence-electron chi connectivity index (χ2n) is 6.05. The second kappa shape index (κ2) is 8.26. The summed E-state index contributed by atoms with van der Waals surface area (Å²) in [6, 6.07) is 39.9. The smallest absolute Gasteiger partial charge is 0.0123 e. The van der Waals surface area contributed by atoms with Crippen molar-refractivity contribution in [3.63, 3.8) is 0 Å². The number of rotatable bonds is 5. The molecular formula is C24H19ClS2. The van der Waals surface area contributed by atoms with Crippen LogP contribution in [0.25, 0.3) is 0 Å². The van der Waals surface area contributed by atoms with E-state index in [1.165, 1.54) is 9.79 Å². The van der Waals surface area contributed by atoms with E-state index in [9.17, 15) is 0 Å². The van der Waals surface area contributed by atoms with Crippen molar-refractivity contribution in [3.05, 3.63) is 115 Å². The zero-order valence-electron chi connectivity index (χ0n) is 14.7. The molecule has 0 saturated carbocycles. The lowest BCUT2D eigenvalue weighted by Gasteiger charge is -2.34. The molecule has 3 heteroatoms. The van der Waals surface area contributed by atoms with Gasteiger partial charge in [-0.2, -0.15) is 0 Å². The van der Waals surface area contributed by atoms with Crippen LogP contribution in [-0.4, -0.2) is 0 Å². The molecule has 0 aliphatic heterocycles. The van der Waals surface area contributed by atoms with Crippen molar-refractivity contribution in [1.29, 1.82) is 0 Å². The molecule has 0 bridgehead atoms. The lowest BCUT2D eigenvalue weighted by molar-refractivity contribution is 1.28. The molecule has 0 spiro atoms. The first-order chi connectivity index (χ1) is 13.3. The van der Waals surface area contributed by atoms with Crippen molar-refractivity contribution in [2.45, 2.75) is 24.5 Å². The van der Waals surface area contributed by atoms with Crippen molar-refractivity contribution in [1.82, 2.24) is 0 Å². The molecule has 134 valence electrons. The Morgan fingerprint density at radius 2 is 0.815 bits per heavy atom. The van der Waals surface area contributed by atoms with Crippen LogP contribution in [0.3, 0.4) is 0 Å². The van der Waals surface area contributed by atoms with E-state index in [0.29, 0.717) is 0 Å². The van der Waals surface area contributed by atoms with Gasteiger partial charge in [-0.15, -0.1) is 0 Å². The number of halogens is 1. The monoisotopic (exact) mass is 406 g/mol. The van der Waals surface area contributed by atoms with E-state index in [2.05, 4.69) is 97.1 Å². The molecule has 4 aromatic rings. The standard InChI is InChI=1S/C24H19ClS2/c25-27(22-12-6-2-7-13-22,23-14-8-3-9-15-23)24-18-16-21(17-19-24)26-20-10-4-1-5-11-20/h1-19H. The van der Waals surface area contributed by atoms with Crippen LogP contribution >= 0.6 is 31.7 Å². The zero-order valence-corrected chi connectivity index (χ0v) is 17.1. The normalized spacial score (nSPS) is 11.9. The summed E-state index contributed by atoms with van der Waals surface area (Å²) in [5.74, 6) is 0. The van der Waals surface area contributed by atoms with E-state index in [1.807, 2.05) is 18.2 Å². The first-order valence-electron chi connectivity index (χ1n) is 8.73. The summed E-state index contributed by atoms with van der Waals surface area (Å²) in [7, 11) is 5.60. The van der Waals surface area contributed by atoms with Gasteiger partial charge in [0.1, 0.15) is 0 Å². The molecule has 0 fully saturated rings. The Morgan fingerprint density at radius 3 is 1.30 bits per heavy atom. The summed E-state index contributed by atoms with van der Waals surface area (Å²) >= 11 is 1.76. The number of hydrogen-bond donors (Lipinski definition) is 0. The zero-order chi connectivity index (χ0) is 18.5. The van der Waals surface area contributed by atoms with Crippen molar-refractivity contribution >= 4 is 31.7 Å². The van der Waals surface area contributed by atoms with Crippen molar-refractivity contribution in [2.24, 2.45) is 0 Å². The van der Waals surface area contributed by atoms with Gasteiger partial charge in [0, 0.05) is 24.5 Å². The third-order valence-corrected chi connectivity index (χ3v) is 9.65. The lowest BCUT2D eigenvalue weighted by Crippen LogP contribution is -1.96. The van der Waals surface area contributed by atoms with Gasteiger partial charge in [-0.25, -0.2) is 0 Å². The predicted octanol–water partition coefficient (Wildman–Crippen LogP) is 8.27. The van der Waals surface area contributed by atoms with E-state index < -0.39 is 9.24 Å². The highest BCUT2D eigenvalue weighted by Gasteiger charge is 2.28. The molecule has 0 radical (unpaired) electrons. The molecule has 0 unspecified atom stereocenters. The molecule has 0 amide bonds. The third-order valence-electron chi connectivity index (χ3n) is 4.26. The summed E-state index contributed by atoms with van der Waals surface area (Å²) in [5.41, 5.74) is 0. The van der Waals surface area contributed by atoms with Crippen LogP contribution in [0.4, 0.5) is 0 Å². The van der Waals surface area contributed by atoms with Crippen molar-refractivity contribution in [2.75, 3.05) is 0 Å². The van der Waals surface area contributed by atoms with E-state index in [1.54, 1.807) is 11.8 Å². The maximum atomic E-state index is 7.40. The molecule has 0 atom stereocenters. The van der Waals surface area contributed by atoms with Crippen LogP contribution in [0.15, 0.2) is 140 Å². The lowest BCUT2D eigenvalue weighted by atomic mass is 10.3. The molecule has 0 nitrogen and oxygen atoms in total. The average Bonchev–Trinajstić information content (AvgIpc) is 2.76. The maximum absolute atomic E-state index is 7.40. The summed E-state index contributed by atoms with van der Waals surface area (Å²) in [6.45, 7) is 0. The molecule has 0 aliphatic rings. The summed E-state index contributed by atoms with van der Waals surface area (Å²) in [6.07, 6.45) is 0. The molecular weight excluding hydrogens is 388 g/mol. The Kier molecular flexibility index (Phi) is 5.58. The van der Waals surface area contributed by atoms with Crippen LogP contribution in [0.5, 0.6) is 0 Å². The Morgan fingerprint density at radius 1 is 0.444 bits per heavy atom. The maximum Gasteiger partial charge on any atom is 0.0123 e. The van der Waals surface area contributed by atoms with Gasteiger partial charge < -0.3 is 0 Å². The minimum atomic E-state index is -1.80. The molecule has 4 rings (SSSR count). The SMILES string of the molecule is ClS(c1ccccc1)(c1ccccc1)c1ccc(Sc2ccccc2)cc1. The van der Waals surface area contributed by atoms with E-state index >= 15 is 0 Å². The summed E-state index contributed by atoms with van der Waals surface area (Å²) in [4.78, 5) is 5.91. The number of hydrogen-bond acceptors (Lipinski definition) is 1. The highest BCUT2D eigenvalue weighted by atomic mass is 35.7. The summed E-state index contributed by atoms with van der Waals surface area (Å²) < 4.78 is 0. The molecule has 0 aromatic heterocycles. The second-order valence-corrected chi connectivity index (χ2v) is 11.1. The quantitative estimate of drug-likeness (QED) is 0.321. The molecule has 4 aromatic carbocycles. The van der Waals surface area contributed by atoms with Crippen LogP contribution in [0, 0.1) is 0 Å². The third kappa shape index (κ3) is 3.93. The van der Waals surface area contributed by atoms with Gasteiger partial charge in [-0.1, -0.05) is 86.3 Å². The van der Waals surface area contributed by atoms with Crippen LogP contribution < -0.4 is 0 Å². The minimum Gasteiger partial charge on any atom is -0.0901 e. The van der Waals surface area contributed by atoms with Gasteiger partial charge in [0.05, 0.1) is 0 Å². The van der Waals surface area contributed by atoms with E-state index in [0.717, 1.165) is 14.7 Å². The van der Waals surface area contributed by atoms with Crippen LogP contribution in [0.1, 0.15) is 0 Å².